The van der Waals surface area contributed by atoms with Crippen molar-refractivity contribution in [1.82, 2.24) is 15.3 Å². The molecule has 0 spiro atoms. The lowest BCUT2D eigenvalue weighted by Crippen LogP contribution is -2.51. The van der Waals surface area contributed by atoms with Gasteiger partial charge < -0.3 is 15.1 Å². The number of hydrogen-bond acceptors (Lipinski definition) is 6. The molecule has 3 heterocycles. The predicted molar refractivity (Wildman–Crippen MR) is 120 cm³/mol. The van der Waals surface area contributed by atoms with Crippen LogP contribution in [0.25, 0.3) is 10.8 Å². The summed E-state index contributed by atoms with van der Waals surface area (Å²) in [5.74, 6) is 1.05. The lowest BCUT2D eigenvalue weighted by molar-refractivity contribution is 0.459. The molecular weight excluding hydrogens is 372 g/mol. The van der Waals surface area contributed by atoms with Gasteiger partial charge in [-0.3, -0.25) is 0 Å². The first-order chi connectivity index (χ1) is 14.7. The van der Waals surface area contributed by atoms with Gasteiger partial charge in [0.05, 0.1) is 24.7 Å². The lowest BCUT2D eigenvalue weighted by atomic mass is 9.99. The fourth-order valence-electron chi connectivity index (χ4n) is 4.85. The summed E-state index contributed by atoms with van der Waals surface area (Å²) in [7, 11) is 0. The van der Waals surface area contributed by atoms with Gasteiger partial charge in [-0.05, 0) is 30.4 Å². The molecule has 2 aliphatic rings. The number of piperazine rings is 1. The van der Waals surface area contributed by atoms with Crippen LogP contribution < -0.4 is 15.1 Å². The topological polar surface area (TPSA) is 68.1 Å². The summed E-state index contributed by atoms with van der Waals surface area (Å²) in [6.45, 7) is 6.56. The maximum absolute atomic E-state index is 9.06. The smallest absolute Gasteiger partial charge is 0.135 e. The minimum absolute atomic E-state index is 0.202. The van der Waals surface area contributed by atoms with Gasteiger partial charge in [-0.25, -0.2) is 9.97 Å². The van der Waals surface area contributed by atoms with E-state index >= 15 is 0 Å². The molecule has 6 heteroatoms. The maximum atomic E-state index is 9.06. The number of benzene rings is 2. The van der Waals surface area contributed by atoms with E-state index in [-0.39, 0.29) is 6.04 Å². The van der Waals surface area contributed by atoms with E-state index in [2.05, 4.69) is 74.5 Å². The third-order valence-electron chi connectivity index (χ3n) is 6.31. The van der Waals surface area contributed by atoms with E-state index in [0.29, 0.717) is 6.42 Å². The molecule has 0 bridgehead atoms. The highest BCUT2D eigenvalue weighted by molar-refractivity contribution is 5.97. The lowest BCUT2D eigenvalue weighted by Gasteiger charge is -2.37. The minimum atomic E-state index is 0.202. The number of aryl methyl sites for hydroxylation is 1. The van der Waals surface area contributed by atoms with Crippen LogP contribution in [0.1, 0.15) is 23.2 Å². The van der Waals surface area contributed by atoms with Gasteiger partial charge in [0.15, 0.2) is 0 Å². The Labute approximate surface area is 177 Å². The number of rotatable bonds is 3. The molecule has 152 valence electrons. The van der Waals surface area contributed by atoms with Crippen LogP contribution in [0, 0.1) is 18.3 Å². The van der Waals surface area contributed by atoms with E-state index in [4.69, 9.17) is 5.26 Å². The van der Waals surface area contributed by atoms with Crippen molar-refractivity contribution in [3.63, 3.8) is 0 Å². The Bertz CT molecular complexity index is 1110. The standard InChI is InChI=1S/C24H26N6/c1-17-4-2-5-18-6-3-7-22(23(17)18)29-12-9-20-21(15-29)27-16-28-24(20)30-13-11-26-19(14-30)8-10-25/h2-7,16,19,26H,8-9,11-15H2,1H3/t19-/m0/s1. The molecule has 2 aliphatic heterocycles. The number of aromatic nitrogens is 2. The fraction of sp³-hybridized carbons (Fsp3) is 0.375. The van der Waals surface area contributed by atoms with E-state index < -0.39 is 0 Å². The van der Waals surface area contributed by atoms with E-state index in [1.807, 2.05) is 0 Å². The third-order valence-corrected chi connectivity index (χ3v) is 6.31. The molecule has 0 unspecified atom stereocenters. The molecule has 1 N–H and O–H groups in total. The van der Waals surface area contributed by atoms with Crippen molar-refractivity contribution in [2.24, 2.45) is 0 Å². The average molecular weight is 399 g/mol. The second-order valence-corrected chi connectivity index (χ2v) is 8.20. The van der Waals surface area contributed by atoms with Gasteiger partial charge in [-0.15, -0.1) is 0 Å². The first-order valence-electron chi connectivity index (χ1n) is 10.7. The highest BCUT2D eigenvalue weighted by Crippen LogP contribution is 2.34. The monoisotopic (exact) mass is 398 g/mol. The molecule has 0 aliphatic carbocycles. The van der Waals surface area contributed by atoms with Crippen molar-refractivity contribution in [2.45, 2.75) is 32.4 Å². The van der Waals surface area contributed by atoms with Crippen LogP contribution in [-0.4, -0.2) is 42.2 Å². The number of nitrogens with one attached hydrogen (secondary N) is 1. The summed E-state index contributed by atoms with van der Waals surface area (Å²) in [5.41, 5.74) is 4.98. The molecule has 2 aromatic carbocycles. The number of hydrogen-bond donors (Lipinski definition) is 1. The van der Waals surface area contributed by atoms with Gasteiger partial charge in [0.25, 0.3) is 0 Å². The Hall–Kier alpha value is -3.17. The molecule has 0 radical (unpaired) electrons. The van der Waals surface area contributed by atoms with Crippen molar-refractivity contribution >= 4 is 22.3 Å². The van der Waals surface area contributed by atoms with Crippen LogP contribution in [0.4, 0.5) is 11.5 Å². The minimum Gasteiger partial charge on any atom is -0.365 e. The van der Waals surface area contributed by atoms with Gasteiger partial charge in [0.1, 0.15) is 12.1 Å². The molecule has 0 amide bonds. The van der Waals surface area contributed by atoms with E-state index in [9.17, 15) is 0 Å². The zero-order chi connectivity index (χ0) is 20.5. The normalized spacial score (nSPS) is 18.9. The zero-order valence-electron chi connectivity index (χ0n) is 17.3. The molecule has 1 saturated heterocycles. The molecule has 5 rings (SSSR count). The van der Waals surface area contributed by atoms with Crippen molar-refractivity contribution < 1.29 is 0 Å². The Balaban J connectivity index is 1.45. The van der Waals surface area contributed by atoms with Crippen molar-refractivity contribution in [3.05, 3.63) is 59.5 Å². The van der Waals surface area contributed by atoms with Gasteiger partial charge in [0.2, 0.25) is 0 Å². The van der Waals surface area contributed by atoms with Crippen molar-refractivity contribution in [1.29, 1.82) is 5.26 Å². The quantitative estimate of drug-likeness (QED) is 0.731. The summed E-state index contributed by atoms with van der Waals surface area (Å²) in [4.78, 5) is 14.1. The van der Waals surface area contributed by atoms with Gasteiger partial charge in [0, 0.05) is 48.9 Å². The molecule has 1 aromatic heterocycles. The van der Waals surface area contributed by atoms with E-state index in [1.54, 1.807) is 6.33 Å². The van der Waals surface area contributed by atoms with Gasteiger partial charge >= 0.3 is 0 Å². The molecule has 1 atom stereocenters. The molecule has 30 heavy (non-hydrogen) atoms. The summed E-state index contributed by atoms with van der Waals surface area (Å²) >= 11 is 0. The number of nitrogens with zero attached hydrogens (tertiary/aromatic N) is 5. The first kappa shape index (κ1) is 18.8. The van der Waals surface area contributed by atoms with E-state index in [0.717, 1.165) is 50.7 Å². The largest absolute Gasteiger partial charge is 0.365 e. The van der Waals surface area contributed by atoms with Gasteiger partial charge in [-0.2, -0.15) is 5.26 Å². The molecule has 1 fully saturated rings. The number of fused-ring (bicyclic) bond motifs is 2. The van der Waals surface area contributed by atoms with Crippen molar-refractivity contribution in [3.8, 4) is 6.07 Å². The first-order valence-corrected chi connectivity index (χ1v) is 10.7. The Morgan fingerprint density at radius 2 is 2.00 bits per heavy atom. The summed E-state index contributed by atoms with van der Waals surface area (Å²) in [6, 6.07) is 15.5. The summed E-state index contributed by atoms with van der Waals surface area (Å²) < 4.78 is 0. The van der Waals surface area contributed by atoms with Crippen LogP contribution in [0.2, 0.25) is 0 Å². The van der Waals surface area contributed by atoms with Crippen LogP contribution in [0.3, 0.4) is 0 Å². The highest BCUT2D eigenvalue weighted by Gasteiger charge is 2.27. The number of nitriles is 1. The maximum Gasteiger partial charge on any atom is 0.135 e. The Morgan fingerprint density at radius 1 is 1.13 bits per heavy atom. The fourth-order valence-corrected chi connectivity index (χ4v) is 4.85. The van der Waals surface area contributed by atoms with Gasteiger partial charge in [-0.1, -0.05) is 30.3 Å². The summed E-state index contributed by atoms with van der Waals surface area (Å²) in [6.07, 6.45) is 3.16. The second kappa shape index (κ2) is 7.92. The third kappa shape index (κ3) is 3.35. The van der Waals surface area contributed by atoms with E-state index in [1.165, 1.54) is 27.6 Å². The Morgan fingerprint density at radius 3 is 2.87 bits per heavy atom. The number of anilines is 2. The van der Waals surface area contributed by atoms with Crippen LogP contribution in [-0.2, 0) is 13.0 Å². The summed E-state index contributed by atoms with van der Waals surface area (Å²) in [5, 5.41) is 15.1. The van der Waals surface area contributed by atoms with Crippen LogP contribution in [0.5, 0.6) is 0 Å². The second-order valence-electron chi connectivity index (χ2n) is 8.20. The van der Waals surface area contributed by atoms with Crippen LogP contribution in [0.15, 0.2) is 42.7 Å². The molecule has 0 saturated carbocycles. The molecular formula is C24H26N6. The highest BCUT2D eigenvalue weighted by atomic mass is 15.3. The SMILES string of the molecule is Cc1cccc2cccc(N3CCc4c(ncnc4N4CCN[C@@H](CC#N)C4)C3)c12. The zero-order valence-corrected chi connectivity index (χ0v) is 17.3. The van der Waals surface area contributed by atoms with Crippen LogP contribution >= 0.6 is 0 Å². The van der Waals surface area contributed by atoms with Crippen molar-refractivity contribution in [2.75, 3.05) is 36.0 Å². The molecule has 3 aromatic rings. The molecule has 6 nitrogen and oxygen atoms in total. The average Bonchev–Trinajstić information content (AvgIpc) is 2.78. The Kier molecular flexibility index (Phi) is 4.97. The predicted octanol–water partition coefficient (Wildman–Crippen LogP) is 3.19.